The highest BCUT2D eigenvalue weighted by molar-refractivity contribution is 6.30. The zero-order valence-corrected chi connectivity index (χ0v) is 26.0. The van der Waals surface area contributed by atoms with E-state index in [1.165, 1.54) is 12.1 Å². The number of piperidine rings is 1. The number of hydrogen-bond acceptors (Lipinski definition) is 6. The molecule has 0 unspecified atom stereocenters. The van der Waals surface area contributed by atoms with Crippen LogP contribution < -0.4 is 0 Å². The Kier molecular flexibility index (Phi) is 9.66. The summed E-state index contributed by atoms with van der Waals surface area (Å²) in [6, 6.07) is 12.3. The molecular weight excluding hydrogens is 571 g/mol. The fourth-order valence-corrected chi connectivity index (χ4v) is 6.37. The lowest BCUT2D eigenvalue weighted by molar-refractivity contribution is -0.141. The number of halogens is 2. The van der Waals surface area contributed by atoms with Gasteiger partial charge in [-0.25, -0.2) is 13.9 Å². The standard InChI is InChI=1S/C32H40ClFN6O3/c1-21-15-28(34)9-10-30(21)24(4)40-19-29(35-36-40)18-39-22(2)16-38(17-23(39)3)31(41)26-11-13-37(14-12-26)32(42)43-20-25-5-7-27(33)8-6-25/h5-10,15,19,22-24,26H,11-14,16-18,20H2,1-4H3/t22-,23+,24-/m1/s1. The van der Waals surface area contributed by atoms with Crippen LogP contribution in [0.15, 0.2) is 48.7 Å². The molecule has 2 amide bonds. The highest BCUT2D eigenvalue weighted by Gasteiger charge is 2.36. The predicted octanol–water partition coefficient (Wildman–Crippen LogP) is 5.46. The zero-order chi connectivity index (χ0) is 30.7. The van der Waals surface area contributed by atoms with Crippen molar-refractivity contribution in [2.45, 2.75) is 71.8 Å². The number of hydrogen-bond donors (Lipinski definition) is 0. The van der Waals surface area contributed by atoms with Gasteiger partial charge in [0.15, 0.2) is 0 Å². The first-order chi connectivity index (χ1) is 20.6. The van der Waals surface area contributed by atoms with Gasteiger partial charge >= 0.3 is 6.09 Å². The van der Waals surface area contributed by atoms with Crippen LogP contribution in [0.2, 0.25) is 5.02 Å². The summed E-state index contributed by atoms with van der Waals surface area (Å²) < 4.78 is 20.9. The molecule has 0 spiro atoms. The van der Waals surface area contributed by atoms with Gasteiger partial charge in [0, 0.05) is 55.7 Å². The van der Waals surface area contributed by atoms with E-state index in [1.54, 1.807) is 23.1 Å². The van der Waals surface area contributed by atoms with Crippen molar-refractivity contribution in [2.75, 3.05) is 26.2 Å². The molecule has 230 valence electrons. The van der Waals surface area contributed by atoms with Crippen molar-refractivity contribution < 1.29 is 18.7 Å². The number of likely N-dealkylation sites (tertiary alicyclic amines) is 1. The minimum atomic E-state index is -0.351. The third-order valence-electron chi connectivity index (χ3n) is 8.77. The first-order valence-electron chi connectivity index (χ1n) is 15.0. The maximum absolute atomic E-state index is 13.6. The third kappa shape index (κ3) is 7.36. The molecule has 0 N–H and O–H groups in total. The zero-order valence-electron chi connectivity index (χ0n) is 25.2. The molecule has 3 heterocycles. The molecule has 2 aliphatic rings. The van der Waals surface area contributed by atoms with Gasteiger partial charge in [-0.15, -0.1) is 5.10 Å². The SMILES string of the molecule is Cc1cc(F)ccc1[C@@H](C)n1cc(CN2[C@H](C)CN(C(=O)C3CCN(C(=O)OCc4ccc(Cl)cc4)CC3)C[C@@H]2C)nn1. The van der Waals surface area contributed by atoms with Crippen LogP contribution in [-0.4, -0.2) is 80.0 Å². The quantitative estimate of drug-likeness (QED) is 0.353. The van der Waals surface area contributed by atoms with Gasteiger partial charge in [0.2, 0.25) is 5.91 Å². The van der Waals surface area contributed by atoms with Crippen LogP contribution in [0, 0.1) is 18.7 Å². The van der Waals surface area contributed by atoms with Crippen LogP contribution in [0.1, 0.15) is 62.0 Å². The normalized spacial score (nSPS) is 20.7. The first kappa shape index (κ1) is 30.9. The minimum Gasteiger partial charge on any atom is -0.445 e. The van der Waals surface area contributed by atoms with E-state index in [-0.39, 0.29) is 48.5 Å². The second-order valence-electron chi connectivity index (χ2n) is 11.9. The van der Waals surface area contributed by atoms with Crippen molar-refractivity contribution >= 4 is 23.6 Å². The lowest BCUT2D eigenvalue weighted by Crippen LogP contribution is -2.59. The average molecular weight is 611 g/mol. The van der Waals surface area contributed by atoms with Gasteiger partial charge in [-0.2, -0.15) is 0 Å². The fourth-order valence-electron chi connectivity index (χ4n) is 6.24. The number of carbonyl (C=O) groups excluding carboxylic acids is 2. The second kappa shape index (κ2) is 13.4. The van der Waals surface area contributed by atoms with Gasteiger partial charge < -0.3 is 14.5 Å². The van der Waals surface area contributed by atoms with Crippen molar-refractivity contribution in [3.8, 4) is 0 Å². The van der Waals surface area contributed by atoms with Crippen LogP contribution in [0.5, 0.6) is 0 Å². The van der Waals surface area contributed by atoms with Gasteiger partial charge in [0.25, 0.3) is 0 Å². The Labute approximate surface area is 257 Å². The molecular formula is C32H40ClFN6O3. The maximum atomic E-state index is 13.6. The van der Waals surface area contributed by atoms with Crippen molar-refractivity contribution in [3.63, 3.8) is 0 Å². The number of rotatable bonds is 7. The summed E-state index contributed by atoms with van der Waals surface area (Å²) in [5.41, 5.74) is 3.63. The summed E-state index contributed by atoms with van der Waals surface area (Å²) in [5.74, 6) is -0.172. The molecule has 2 aliphatic heterocycles. The fraction of sp³-hybridized carbons (Fsp3) is 0.500. The first-order valence-corrected chi connectivity index (χ1v) is 15.3. The molecule has 3 atom stereocenters. The Morgan fingerprint density at radius 3 is 2.37 bits per heavy atom. The highest BCUT2D eigenvalue weighted by Crippen LogP contribution is 2.26. The topological polar surface area (TPSA) is 83.8 Å². The van der Waals surface area contributed by atoms with E-state index >= 15 is 0 Å². The van der Waals surface area contributed by atoms with E-state index in [2.05, 4.69) is 29.1 Å². The third-order valence-corrected chi connectivity index (χ3v) is 9.02. The smallest absolute Gasteiger partial charge is 0.410 e. The maximum Gasteiger partial charge on any atom is 0.410 e. The van der Waals surface area contributed by atoms with Gasteiger partial charge in [-0.05, 0) is 81.5 Å². The Morgan fingerprint density at radius 1 is 1.05 bits per heavy atom. The lowest BCUT2D eigenvalue weighted by Gasteiger charge is -2.45. The Bertz CT molecular complexity index is 1410. The molecule has 2 aromatic carbocycles. The lowest BCUT2D eigenvalue weighted by atomic mass is 9.94. The summed E-state index contributed by atoms with van der Waals surface area (Å²) in [6.07, 6.45) is 2.87. The van der Waals surface area contributed by atoms with Crippen molar-refractivity contribution in [2.24, 2.45) is 5.92 Å². The number of piperazine rings is 1. The summed E-state index contributed by atoms with van der Waals surface area (Å²) >= 11 is 5.92. The molecule has 0 radical (unpaired) electrons. The summed E-state index contributed by atoms with van der Waals surface area (Å²) in [6.45, 7) is 11.3. The molecule has 1 aromatic heterocycles. The van der Waals surface area contributed by atoms with Gasteiger partial charge in [0.1, 0.15) is 12.4 Å². The molecule has 5 rings (SSSR count). The second-order valence-corrected chi connectivity index (χ2v) is 12.4. The molecule has 11 heteroatoms. The number of benzene rings is 2. The Morgan fingerprint density at radius 2 is 1.72 bits per heavy atom. The minimum absolute atomic E-state index is 0.0667. The predicted molar refractivity (Wildman–Crippen MR) is 162 cm³/mol. The summed E-state index contributed by atoms with van der Waals surface area (Å²) in [7, 11) is 0. The number of amides is 2. The molecule has 0 bridgehead atoms. The van der Waals surface area contributed by atoms with Crippen LogP contribution >= 0.6 is 11.6 Å². The summed E-state index contributed by atoms with van der Waals surface area (Å²) in [4.78, 5) is 32.1. The number of carbonyl (C=O) groups is 2. The van der Waals surface area contributed by atoms with E-state index in [0.29, 0.717) is 50.6 Å². The van der Waals surface area contributed by atoms with Crippen LogP contribution in [0.3, 0.4) is 0 Å². The average Bonchev–Trinajstić information content (AvgIpc) is 3.46. The molecule has 0 saturated carbocycles. The van der Waals surface area contributed by atoms with Crippen LogP contribution in [0.25, 0.3) is 0 Å². The monoisotopic (exact) mass is 610 g/mol. The number of aryl methyl sites for hydroxylation is 1. The molecule has 0 aliphatic carbocycles. The van der Waals surface area contributed by atoms with E-state index in [0.717, 1.165) is 22.4 Å². The number of ether oxygens (including phenoxy) is 1. The highest BCUT2D eigenvalue weighted by atomic mass is 35.5. The van der Waals surface area contributed by atoms with Crippen LogP contribution in [0.4, 0.5) is 9.18 Å². The van der Waals surface area contributed by atoms with E-state index in [4.69, 9.17) is 16.3 Å². The van der Waals surface area contributed by atoms with Gasteiger partial charge in [-0.3, -0.25) is 9.69 Å². The van der Waals surface area contributed by atoms with E-state index in [9.17, 15) is 14.0 Å². The van der Waals surface area contributed by atoms with Crippen LogP contribution in [-0.2, 0) is 22.7 Å². The van der Waals surface area contributed by atoms with E-state index in [1.807, 2.05) is 41.8 Å². The molecule has 43 heavy (non-hydrogen) atoms. The van der Waals surface area contributed by atoms with Gasteiger partial charge in [0.05, 0.1) is 17.9 Å². The van der Waals surface area contributed by atoms with Crippen molar-refractivity contribution in [1.82, 2.24) is 29.7 Å². The largest absolute Gasteiger partial charge is 0.445 e. The molecule has 9 nitrogen and oxygen atoms in total. The van der Waals surface area contributed by atoms with Crippen molar-refractivity contribution in [3.05, 3.63) is 81.9 Å². The Balaban J connectivity index is 1.10. The number of nitrogens with zero attached hydrogens (tertiary/aromatic N) is 6. The number of aromatic nitrogens is 3. The molecule has 2 saturated heterocycles. The van der Waals surface area contributed by atoms with Gasteiger partial charge in [-0.1, -0.05) is 35.0 Å². The van der Waals surface area contributed by atoms with E-state index < -0.39 is 0 Å². The summed E-state index contributed by atoms with van der Waals surface area (Å²) in [5, 5.41) is 9.43. The molecule has 2 fully saturated rings. The van der Waals surface area contributed by atoms with Crippen molar-refractivity contribution in [1.29, 1.82) is 0 Å². The Hall–Kier alpha value is -3.50. The molecule has 3 aromatic rings.